The first-order valence-electron chi connectivity index (χ1n) is 11.4. The summed E-state index contributed by atoms with van der Waals surface area (Å²) in [5, 5.41) is 7.22. The highest BCUT2D eigenvalue weighted by atomic mass is 127. The number of rotatable bonds is 5. The molecule has 4 rings (SSSR count). The zero-order valence-electron chi connectivity index (χ0n) is 18.1. The first kappa shape index (κ1) is 23.3. The highest BCUT2D eigenvalue weighted by Gasteiger charge is 2.35. The maximum absolute atomic E-state index is 4.73. The highest BCUT2D eigenvalue weighted by Crippen LogP contribution is 2.36. The smallest absolute Gasteiger partial charge is 0.193 e. The van der Waals surface area contributed by atoms with E-state index in [-0.39, 0.29) is 24.0 Å². The molecule has 2 aliphatic heterocycles. The van der Waals surface area contributed by atoms with Gasteiger partial charge in [-0.3, -0.25) is 9.89 Å². The largest absolute Gasteiger partial charge is 0.356 e. The quantitative estimate of drug-likeness (QED) is 0.351. The fraction of sp³-hybridized carbons (Fsp3) is 0.818. The Hall–Kier alpha value is -0.410. The number of piperidine rings is 1. The Balaban J connectivity index is 0.00000240. The van der Waals surface area contributed by atoms with Crippen LogP contribution in [0.3, 0.4) is 0 Å². The number of halogens is 1. The van der Waals surface area contributed by atoms with Crippen molar-refractivity contribution in [3.63, 3.8) is 0 Å². The minimum Gasteiger partial charge on any atom is -0.356 e. The van der Waals surface area contributed by atoms with Crippen LogP contribution in [0.15, 0.2) is 10.4 Å². The molecule has 0 aromatic carbocycles. The van der Waals surface area contributed by atoms with Crippen LogP contribution in [0.2, 0.25) is 0 Å². The van der Waals surface area contributed by atoms with Crippen molar-refractivity contribution in [2.45, 2.75) is 58.4 Å². The molecule has 0 spiro atoms. The van der Waals surface area contributed by atoms with Crippen LogP contribution in [0.4, 0.5) is 0 Å². The van der Waals surface area contributed by atoms with Crippen LogP contribution in [0.5, 0.6) is 0 Å². The molecular weight excluding hydrogens is 493 g/mol. The summed E-state index contributed by atoms with van der Waals surface area (Å²) in [5.74, 6) is 3.73. The van der Waals surface area contributed by atoms with E-state index in [4.69, 9.17) is 4.98 Å². The van der Waals surface area contributed by atoms with Gasteiger partial charge in [-0.1, -0.05) is 19.8 Å². The zero-order chi connectivity index (χ0) is 19.3. The number of hydrogen-bond acceptors (Lipinski definition) is 4. The monoisotopic (exact) mass is 531 g/mol. The van der Waals surface area contributed by atoms with Crippen LogP contribution in [-0.4, -0.2) is 60.5 Å². The molecule has 7 heteroatoms. The predicted octanol–water partition coefficient (Wildman–Crippen LogP) is 4.23. The molecule has 2 saturated heterocycles. The van der Waals surface area contributed by atoms with E-state index in [1.54, 1.807) is 11.3 Å². The molecule has 5 nitrogen and oxygen atoms in total. The van der Waals surface area contributed by atoms with Gasteiger partial charge in [-0.15, -0.1) is 35.3 Å². The summed E-state index contributed by atoms with van der Waals surface area (Å²) in [4.78, 5) is 14.4. The molecule has 164 valence electrons. The average Bonchev–Trinajstić information content (AvgIpc) is 3.36. The number of aryl methyl sites for hydroxylation is 1. The third-order valence-electron chi connectivity index (χ3n) is 7.03. The van der Waals surface area contributed by atoms with Crippen LogP contribution in [-0.2, 0) is 13.0 Å². The Bertz CT molecular complexity index is 641. The Labute approximate surface area is 197 Å². The Morgan fingerprint density at radius 1 is 1.17 bits per heavy atom. The summed E-state index contributed by atoms with van der Waals surface area (Å²) >= 11 is 1.81. The van der Waals surface area contributed by atoms with Crippen molar-refractivity contribution in [2.75, 3.05) is 39.8 Å². The van der Waals surface area contributed by atoms with Crippen LogP contribution < -0.4 is 5.32 Å². The van der Waals surface area contributed by atoms with Crippen molar-refractivity contribution < 1.29 is 0 Å². The SMILES string of the molecule is CCc1nc(CN2CCC(CNC(=NC)N3CC4CCCCC4C3)CC2)cs1.I. The van der Waals surface area contributed by atoms with E-state index < -0.39 is 0 Å². The van der Waals surface area contributed by atoms with E-state index in [1.807, 2.05) is 7.05 Å². The molecule has 2 atom stereocenters. The maximum atomic E-state index is 4.73. The molecule has 3 fully saturated rings. The minimum atomic E-state index is 0. The Morgan fingerprint density at radius 2 is 1.86 bits per heavy atom. The van der Waals surface area contributed by atoms with Crippen LogP contribution in [0.1, 0.15) is 56.2 Å². The molecule has 2 unspecified atom stereocenters. The lowest BCUT2D eigenvalue weighted by Crippen LogP contribution is -2.44. The summed E-state index contributed by atoms with van der Waals surface area (Å²) in [6, 6.07) is 0. The number of guanidine groups is 1. The predicted molar refractivity (Wildman–Crippen MR) is 133 cm³/mol. The molecule has 1 saturated carbocycles. The number of fused-ring (bicyclic) bond motifs is 1. The summed E-state index contributed by atoms with van der Waals surface area (Å²) in [7, 11) is 1.95. The number of nitrogens with one attached hydrogen (secondary N) is 1. The maximum Gasteiger partial charge on any atom is 0.193 e. The van der Waals surface area contributed by atoms with Gasteiger partial charge in [0, 0.05) is 38.6 Å². The number of thiazole rings is 1. The third kappa shape index (κ3) is 6.06. The van der Waals surface area contributed by atoms with Crippen molar-refractivity contribution in [3.8, 4) is 0 Å². The van der Waals surface area contributed by atoms with Crippen molar-refractivity contribution in [2.24, 2.45) is 22.7 Å². The molecule has 3 heterocycles. The summed E-state index contributed by atoms with van der Waals surface area (Å²) in [6.45, 7) is 9.10. The van der Waals surface area contributed by atoms with Gasteiger partial charge in [0.1, 0.15) is 0 Å². The van der Waals surface area contributed by atoms with Gasteiger partial charge in [0.05, 0.1) is 10.7 Å². The molecule has 1 aromatic rings. The first-order chi connectivity index (χ1) is 13.7. The lowest BCUT2D eigenvalue weighted by atomic mass is 9.82. The molecule has 1 aromatic heterocycles. The topological polar surface area (TPSA) is 43.8 Å². The second-order valence-corrected chi connectivity index (χ2v) is 9.89. The van der Waals surface area contributed by atoms with E-state index in [0.717, 1.165) is 43.2 Å². The average molecular weight is 532 g/mol. The number of likely N-dealkylation sites (tertiary alicyclic amines) is 2. The Morgan fingerprint density at radius 3 is 2.45 bits per heavy atom. The van der Waals surface area contributed by atoms with Gasteiger partial charge in [0.2, 0.25) is 0 Å². The normalized spacial score (nSPS) is 26.3. The molecule has 3 aliphatic rings. The van der Waals surface area contributed by atoms with Gasteiger partial charge < -0.3 is 10.2 Å². The lowest BCUT2D eigenvalue weighted by molar-refractivity contribution is 0.176. The summed E-state index contributed by atoms with van der Waals surface area (Å²) < 4.78 is 0. The first-order valence-corrected chi connectivity index (χ1v) is 12.2. The molecule has 0 amide bonds. The third-order valence-corrected chi connectivity index (χ3v) is 8.07. The number of aliphatic imine (C=N–C) groups is 1. The Kier molecular flexibility index (Phi) is 9.04. The van der Waals surface area contributed by atoms with Crippen molar-refractivity contribution >= 4 is 41.3 Å². The van der Waals surface area contributed by atoms with Crippen LogP contribution in [0.25, 0.3) is 0 Å². The van der Waals surface area contributed by atoms with E-state index in [2.05, 4.69) is 32.4 Å². The zero-order valence-corrected chi connectivity index (χ0v) is 21.3. The molecule has 1 aliphatic carbocycles. The van der Waals surface area contributed by atoms with Crippen LogP contribution >= 0.6 is 35.3 Å². The van der Waals surface area contributed by atoms with Gasteiger partial charge in [-0.25, -0.2) is 4.98 Å². The fourth-order valence-electron chi connectivity index (χ4n) is 5.31. The van der Waals surface area contributed by atoms with Crippen LogP contribution in [0, 0.1) is 17.8 Å². The summed E-state index contributed by atoms with van der Waals surface area (Å²) in [5.41, 5.74) is 1.26. The highest BCUT2D eigenvalue weighted by molar-refractivity contribution is 14.0. The lowest BCUT2D eigenvalue weighted by Gasteiger charge is -2.32. The van der Waals surface area contributed by atoms with Gasteiger partial charge in [-0.05, 0) is 62.9 Å². The molecule has 1 N–H and O–H groups in total. The molecule has 0 radical (unpaired) electrons. The standard InChI is InChI=1S/C22H37N5S.HI/c1-3-21-25-20(16-28-21)15-26-10-8-17(9-11-26)12-24-22(23-2)27-13-18-6-4-5-7-19(18)14-27;/h16-19H,3-15H2,1-2H3,(H,23,24);1H. The summed E-state index contributed by atoms with van der Waals surface area (Å²) in [6.07, 6.45) is 9.32. The molecule has 0 bridgehead atoms. The number of aromatic nitrogens is 1. The fourth-order valence-corrected chi connectivity index (χ4v) is 6.04. The van der Waals surface area contributed by atoms with Gasteiger partial charge in [-0.2, -0.15) is 0 Å². The van der Waals surface area contributed by atoms with Gasteiger partial charge in [0.15, 0.2) is 5.96 Å². The second-order valence-electron chi connectivity index (χ2n) is 8.94. The van der Waals surface area contributed by atoms with E-state index >= 15 is 0 Å². The van der Waals surface area contributed by atoms with Crippen molar-refractivity contribution in [1.29, 1.82) is 0 Å². The van der Waals surface area contributed by atoms with Gasteiger partial charge >= 0.3 is 0 Å². The van der Waals surface area contributed by atoms with Gasteiger partial charge in [0.25, 0.3) is 0 Å². The van der Waals surface area contributed by atoms with E-state index in [0.29, 0.717) is 0 Å². The van der Waals surface area contributed by atoms with Crippen molar-refractivity contribution in [1.82, 2.24) is 20.1 Å². The molecule has 29 heavy (non-hydrogen) atoms. The van der Waals surface area contributed by atoms with E-state index in [9.17, 15) is 0 Å². The number of hydrogen-bond donors (Lipinski definition) is 1. The molecular formula is C22H38IN5S. The number of nitrogens with zero attached hydrogens (tertiary/aromatic N) is 4. The van der Waals surface area contributed by atoms with Crippen molar-refractivity contribution in [3.05, 3.63) is 16.1 Å². The minimum absolute atomic E-state index is 0. The second kappa shape index (κ2) is 11.3. The van der Waals surface area contributed by atoms with E-state index in [1.165, 1.54) is 75.4 Å².